The van der Waals surface area contributed by atoms with Gasteiger partial charge in [-0.15, -0.1) is 0 Å². The van der Waals surface area contributed by atoms with Crippen molar-refractivity contribution in [2.45, 2.75) is 32.7 Å². The van der Waals surface area contributed by atoms with Gasteiger partial charge in [-0.3, -0.25) is 9.59 Å². The predicted octanol–water partition coefficient (Wildman–Crippen LogP) is 3.16. The van der Waals surface area contributed by atoms with Crippen LogP contribution in [0.4, 0.5) is 5.69 Å². The molecule has 116 valence electrons. The summed E-state index contributed by atoms with van der Waals surface area (Å²) in [5.74, 6) is -1.44. The van der Waals surface area contributed by atoms with Gasteiger partial charge in [-0.1, -0.05) is 43.7 Å². The van der Waals surface area contributed by atoms with E-state index >= 15 is 0 Å². The van der Waals surface area contributed by atoms with Gasteiger partial charge in [-0.2, -0.15) is 0 Å². The predicted molar refractivity (Wildman–Crippen MR) is 84.1 cm³/mol. The van der Waals surface area contributed by atoms with Crippen molar-refractivity contribution in [3.63, 3.8) is 0 Å². The van der Waals surface area contributed by atoms with Crippen molar-refractivity contribution in [2.24, 2.45) is 17.8 Å². The van der Waals surface area contributed by atoms with Crippen molar-refractivity contribution in [1.29, 1.82) is 0 Å². The summed E-state index contributed by atoms with van der Waals surface area (Å²) in [6.45, 7) is 4.13. The first-order valence-electron chi connectivity index (χ1n) is 7.93. The highest BCUT2D eigenvalue weighted by molar-refractivity contribution is 5.98. The molecule has 1 N–H and O–H groups in total. The second-order valence-electron chi connectivity index (χ2n) is 5.95. The Balaban J connectivity index is 1.98. The maximum Gasteiger partial charge on any atom is 0.319 e. The van der Waals surface area contributed by atoms with Crippen molar-refractivity contribution in [3.05, 3.63) is 42.0 Å². The molecule has 0 saturated carbocycles. The van der Waals surface area contributed by atoms with Crippen molar-refractivity contribution in [3.8, 4) is 0 Å². The third-order valence-corrected chi connectivity index (χ3v) is 4.76. The Morgan fingerprint density at radius 1 is 1.05 bits per heavy atom. The lowest BCUT2D eigenvalue weighted by Gasteiger charge is -2.35. The van der Waals surface area contributed by atoms with E-state index in [1.54, 1.807) is 0 Å². The molecule has 0 radical (unpaired) electrons. The molecule has 1 aromatic carbocycles. The summed E-state index contributed by atoms with van der Waals surface area (Å²) < 4.78 is 4.95. The number of benzene rings is 1. The Hall–Kier alpha value is -2.10. The summed E-state index contributed by atoms with van der Waals surface area (Å²) in [4.78, 5) is 24.3. The molecule has 3 rings (SSSR count). The van der Waals surface area contributed by atoms with Crippen molar-refractivity contribution in [1.82, 2.24) is 0 Å². The average molecular weight is 299 g/mol. The highest BCUT2D eigenvalue weighted by atomic mass is 16.6. The lowest BCUT2D eigenvalue weighted by molar-refractivity contribution is -0.154. The van der Waals surface area contributed by atoms with Gasteiger partial charge in [0.2, 0.25) is 0 Å². The van der Waals surface area contributed by atoms with Crippen LogP contribution in [0.3, 0.4) is 0 Å². The van der Waals surface area contributed by atoms with E-state index in [9.17, 15) is 9.59 Å². The summed E-state index contributed by atoms with van der Waals surface area (Å²) in [6, 6.07) is 9.62. The SMILES string of the molecule is CCC1=CC(CC)C2C(=O)OC(=O)C2C1Nc1ccccc1. The van der Waals surface area contributed by atoms with Gasteiger partial charge in [0.1, 0.15) is 0 Å². The first-order chi connectivity index (χ1) is 10.7. The number of ether oxygens (including phenoxy) is 1. The van der Waals surface area contributed by atoms with Gasteiger partial charge in [-0.05, 0) is 30.9 Å². The molecular formula is C18H21NO3. The van der Waals surface area contributed by atoms with E-state index < -0.39 is 5.92 Å². The number of cyclic esters (lactones) is 2. The van der Waals surface area contributed by atoms with E-state index in [1.807, 2.05) is 37.3 Å². The lowest BCUT2D eigenvalue weighted by atomic mass is 9.70. The minimum atomic E-state index is -0.419. The number of rotatable bonds is 4. The highest BCUT2D eigenvalue weighted by Gasteiger charge is 2.53. The number of carbonyl (C=O) groups is 2. The fourth-order valence-corrected chi connectivity index (χ4v) is 3.63. The number of allylic oxidation sites excluding steroid dienone is 1. The number of anilines is 1. The number of nitrogens with one attached hydrogen (secondary N) is 1. The normalized spacial score (nSPS) is 30.5. The number of hydrogen-bond donors (Lipinski definition) is 1. The van der Waals surface area contributed by atoms with Gasteiger partial charge in [0.05, 0.1) is 17.9 Å². The number of carbonyl (C=O) groups excluding carboxylic acids is 2. The van der Waals surface area contributed by atoms with E-state index in [-0.39, 0.29) is 29.8 Å². The second-order valence-corrected chi connectivity index (χ2v) is 5.95. The molecule has 1 aliphatic carbocycles. The number of esters is 2. The summed E-state index contributed by atoms with van der Waals surface area (Å²) in [6.07, 6.45) is 3.86. The molecule has 0 bridgehead atoms. The molecule has 0 amide bonds. The maximum atomic E-state index is 12.2. The zero-order chi connectivity index (χ0) is 15.7. The van der Waals surface area contributed by atoms with Crippen LogP contribution in [0.25, 0.3) is 0 Å². The van der Waals surface area contributed by atoms with Crippen LogP contribution >= 0.6 is 0 Å². The first kappa shape index (κ1) is 14.8. The molecule has 1 aliphatic heterocycles. The van der Waals surface area contributed by atoms with Gasteiger partial charge in [0, 0.05) is 5.69 Å². The number of para-hydroxylation sites is 1. The average Bonchev–Trinajstić information content (AvgIpc) is 2.84. The molecule has 1 saturated heterocycles. The van der Waals surface area contributed by atoms with Gasteiger partial charge in [-0.25, -0.2) is 0 Å². The van der Waals surface area contributed by atoms with E-state index in [0.29, 0.717) is 0 Å². The fourth-order valence-electron chi connectivity index (χ4n) is 3.63. The summed E-state index contributed by atoms with van der Waals surface area (Å²) >= 11 is 0. The Labute approximate surface area is 130 Å². The molecule has 4 unspecified atom stereocenters. The summed E-state index contributed by atoms with van der Waals surface area (Å²) in [5, 5.41) is 3.43. The largest absolute Gasteiger partial charge is 0.393 e. The van der Waals surface area contributed by atoms with Crippen molar-refractivity contribution < 1.29 is 14.3 Å². The number of hydrogen-bond acceptors (Lipinski definition) is 4. The van der Waals surface area contributed by atoms with E-state index in [0.717, 1.165) is 18.5 Å². The van der Waals surface area contributed by atoms with E-state index in [1.165, 1.54) is 5.57 Å². The Kier molecular flexibility index (Phi) is 4.01. The van der Waals surface area contributed by atoms with Crippen LogP contribution in [0, 0.1) is 17.8 Å². The van der Waals surface area contributed by atoms with Crippen LogP contribution in [0.2, 0.25) is 0 Å². The Morgan fingerprint density at radius 2 is 1.73 bits per heavy atom. The maximum absolute atomic E-state index is 12.2. The quantitative estimate of drug-likeness (QED) is 0.527. The van der Waals surface area contributed by atoms with Crippen LogP contribution in [0.1, 0.15) is 26.7 Å². The van der Waals surface area contributed by atoms with Gasteiger partial charge in [0.25, 0.3) is 0 Å². The topological polar surface area (TPSA) is 55.4 Å². The third-order valence-electron chi connectivity index (χ3n) is 4.76. The standard InChI is InChI=1S/C18H21NO3/c1-3-11-10-12(4-2)16(19-13-8-6-5-7-9-13)15-14(11)17(20)22-18(15)21/h5-11,14-16,19H,3-4H2,1-2H3. The summed E-state index contributed by atoms with van der Waals surface area (Å²) in [7, 11) is 0. The molecule has 0 aromatic heterocycles. The van der Waals surface area contributed by atoms with Gasteiger partial charge >= 0.3 is 11.9 Å². The molecule has 1 aromatic rings. The molecule has 4 heteroatoms. The molecule has 4 atom stereocenters. The minimum Gasteiger partial charge on any atom is -0.393 e. The van der Waals surface area contributed by atoms with Crippen LogP contribution < -0.4 is 5.32 Å². The first-order valence-corrected chi connectivity index (χ1v) is 7.93. The van der Waals surface area contributed by atoms with Crippen LogP contribution in [0.15, 0.2) is 42.0 Å². The lowest BCUT2D eigenvalue weighted by Crippen LogP contribution is -2.43. The van der Waals surface area contributed by atoms with Gasteiger partial charge < -0.3 is 10.1 Å². The molecule has 1 fully saturated rings. The number of fused-ring (bicyclic) bond motifs is 1. The second kappa shape index (κ2) is 5.95. The Bertz CT molecular complexity index is 608. The van der Waals surface area contributed by atoms with Crippen LogP contribution in [-0.4, -0.2) is 18.0 Å². The third kappa shape index (κ3) is 2.43. The van der Waals surface area contributed by atoms with E-state index in [2.05, 4.69) is 18.3 Å². The molecule has 4 nitrogen and oxygen atoms in total. The fraction of sp³-hybridized carbons (Fsp3) is 0.444. The van der Waals surface area contributed by atoms with Crippen molar-refractivity contribution in [2.75, 3.05) is 5.32 Å². The monoisotopic (exact) mass is 299 g/mol. The minimum absolute atomic E-state index is 0.0905. The van der Waals surface area contributed by atoms with E-state index in [4.69, 9.17) is 4.74 Å². The molecule has 2 aliphatic rings. The smallest absolute Gasteiger partial charge is 0.319 e. The van der Waals surface area contributed by atoms with Crippen LogP contribution in [-0.2, 0) is 14.3 Å². The summed E-state index contributed by atoms with van der Waals surface area (Å²) in [5.41, 5.74) is 2.14. The molecule has 22 heavy (non-hydrogen) atoms. The zero-order valence-corrected chi connectivity index (χ0v) is 12.9. The Morgan fingerprint density at radius 3 is 2.36 bits per heavy atom. The highest BCUT2D eigenvalue weighted by Crippen LogP contribution is 2.43. The molecule has 0 spiro atoms. The van der Waals surface area contributed by atoms with Crippen molar-refractivity contribution >= 4 is 17.6 Å². The van der Waals surface area contributed by atoms with Crippen LogP contribution in [0.5, 0.6) is 0 Å². The molecular weight excluding hydrogens is 278 g/mol. The van der Waals surface area contributed by atoms with Gasteiger partial charge in [0.15, 0.2) is 0 Å². The zero-order valence-electron chi connectivity index (χ0n) is 12.9. The molecule has 1 heterocycles.